The molecule has 0 aliphatic heterocycles. The van der Waals surface area contributed by atoms with Crippen LogP contribution in [-0.2, 0) is 6.42 Å². The highest BCUT2D eigenvalue weighted by atomic mass is 15.1. The highest BCUT2D eigenvalue weighted by molar-refractivity contribution is 5.84. The van der Waals surface area contributed by atoms with Crippen molar-refractivity contribution in [1.82, 2.24) is 9.88 Å². The zero-order chi connectivity index (χ0) is 14.4. The van der Waals surface area contributed by atoms with Gasteiger partial charge in [0.15, 0.2) is 0 Å². The van der Waals surface area contributed by atoms with E-state index in [0.717, 1.165) is 19.5 Å². The van der Waals surface area contributed by atoms with Crippen molar-refractivity contribution in [3.63, 3.8) is 0 Å². The van der Waals surface area contributed by atoms with Crippen LogP contribution in [0.4, 0.5) is 0 Å². The second-order valence-electron chi connectivity index (χ2n) is 5.47. The fraction of sp³-hybridized carbons (Fsp3) is 0.444. The van der Waals surface area contributed by atoms with Crippen molar-refractivity contribution in [2.75, 3.05) is 19.6 Å². The topological polar surface area (TPSA) is 19.0 Å². The van der Waals surface area contributed by atoms with E-state index in [1.165, 1.54) is 41.5 Å². The Kier molecular flexibility index (Phi) is 5.42. The van der Waals surface area contributed by atoms with Crippen molar-refractivity contribution < 1.29 is 0 Å². The molecule has 20 heavy (non-hydrogen) atoms. The maximum Gasteiger partial charge on any atom is 0.0458 e. The first-order valence-electron chi connectivity index (χ1n) is 7.65. The molecule has 108 valence electrons. The number of H-pyrrole nitrogens is 1. The van der Waals surface area contributed by atoms with E-state index >= 15 is 0 Å². The summed E-state index contributed by atoms with van der Waals surface area (Å²) in [6, 6.07) is 8.59. The monoisotopic (exact) mass is 270 g/mol. The van der Waals surface area contributed by atoms with Gasteiger partial charge in [-0.15, -0.1) is 6.58 Å². The number of hydrogen-bond acceptors (Lipinski definition) is 1. The molecule has 0 atom stereocenters. The van der Waals surface area contributed by atoms with Crippen LogP contribution in [0.25, 0.3) is 10.9 Å². The molecule has 0 aliphatic rings. The summed E-state index contributed by atoms with van der Waals surface area (Å²) < 4.78 is 0. The summed E-state index contributed by atoms with van der Waals surface area (Å²) >= 11 is 0. The van der Waals surface area contributed by atoms with Gasteiger partial charge in [0.2, 0.25) is 0 Å². The summed E-state index contributed by atoms with van der Waals surface area (Å²) in [5.74, 6) is 0. The Balaban J connectivity index is 2.07. The Hall–Kier alpha value is -1.54. The highest BCUT2D eigenvalue weighted by Crippen LogP contribution is 2.22. The predicted octanol–water partition coefficient (Wildman–Crippen LogP) is 4.31. The molecule has 0 spiro atoms. The third-order valence-electron chi connectivity index (χ3n) is 3.92. The maximum absolute atomic E-state index is 3.87. The smallest absolute Gasteiger partial charge is 0.0458 e. The van der Waals surface area contributed by atoms with E-state index in [-0.39, 0.29) is 0 Å². The second kappa shape index (κ2) is 7.30. The number of hydrogen-bond donors (Lipinski definition) is 1. The van der Waals surface area contributed by atoms with Crippen LogP contribution in [0.3, 0.4) is 0 Å². The summed E-state index contributed by atoms with van der Waals surface area (Å²) in [7, 11) is 0. The van der Waals surface area contributed by atoms with Crippen LogP contribution >= 0.6 is 0 Å². The number of fused-ring (bicyclic) bond motifs is 1. The van der Waals surface area contributed by atoms with Crippen molar-refractivity contribution in [2.24, 2.45) is 0 Å². The van der Waals surface area contributed by atoms with Crippen molar-refractivity contribution in [1.29, 1.82) is 0 Å². The summed E-state index contributed by atoms with van der Waals surface area (Å²) in [6.45, 7) is 11.6. The zero-order valence-corrected chi connectivity index (χ0v) is 12.8. The van der Waals surface area contributed by atoms with Gasteiger partial charge in [-0.25, -0.2) is 0 Å². The Morgan fingerprint density at radius 1 is 1.25 bits per heavy atom. The van der Waals surface area contributed by atoms with Gasteiger partial charge in [-0.05, 0) is 37.9 Å². The number of aromatic amines is 1. The van der Waals surface area contributed by atoms with E-state index in [0.29, 0.717) is 0 Å². The van der Waals surface area contributed by atoms with Gasteiger partial charge in [0.1, 0.15) is 0 Å². The Morgan fingerprint density at radius 2 is 2.05 bits per heavy atom. The van der Waals surface area contributed by atoms with Gasteiger partial charge < -0.3 is 4.98 Å². The van der Waals surface area contributed by atoms with Crippen LogP contribution in [0, 0.1) is 6.92 Å². The average Bonchev–Trinajstić information content (AvgIpc) is 2.77. The number of rotatable bonds is 8. The first-order valence-corrected chi connectivity index (χ1v) is 7.65. The number of aryl methyl sites for hydroxylation is 1. The zero-order valence-electron chi connectivity index (χ0n) is 12.8. The average molecular weight is 270 g/mol. The van der Waals surface area contributed by atoms with E-state index in [1.54, 1.807) is 0 Å². The van der Waals surface area contributed by atoms with Gasteiger partial charge in [0.25, 0.3) is 0 Å². The largest absolute Gasteiger partial charge is 0.358 e. The van der Waals surface area contributed by atoms with E-state index in [2.05, 4.69) is 54.6 Å². The Morgan fingerprint density at radius 3 is 2.80 bits per heavy atom. The van der Waals surface area contributed by atoms with E-state index in [1.807, 2.05) is 6.08 Å². The van der Waals surface area contributed by atoms with Crippen molar-refractivity contribution in [3.8, 4) is 0 Å². The summed E-state index contributed by atoms with van der Waals surface area (Å²) in [6.07, 6.45) is 5.63. The molecule has 1 aromatic carbocycles. The van der Waals surface area contributed by atoms with Crippen molar-refractivity contribution in [3.05, 3.63) is 48.2 Å². The quantitative estimate of drug-likeness (QED) is 0.708. The molecule has 2 aromatic rings. The molecule has 1 heterocycles. The number of benzene rings is 1. The molecule has 0 fully saturated rings. The fourth-order valence-electron chi connectivity index (χ4n) is 2.79. The number of nitrogens with zero attached hydrogens (tertiary/aromatic N) is 1. The standard InChI is InChI=1S/C18H26N2/c1-4-6-13-20(12-5-2)14-11-16-15(3)19-18-10-8-7-9-17(16)18/h5,7-10,19H,2,4,6,11-14H2,1,3H3. The van der Waals surface area contributed by atoms with Crippen LogP contribution in [0.1, 0.15) is 31.0 Å². The maximum atomic E-state index is 3.87. The molecular formula is C18H26N2. The minimum Gasteiger partial charge on any atom is -0.358 e. The molecule has 2 nitrogen and oxygen atoms in total. The van der Waals surface area contributed by atoms with Gasteiger partial charge in [0.05, 0.1) is 0 Å². The molecule has 1 N–H and O–H groups in total. The Labute approximate surface area is 122 Å². The van der Waals surface area contributed by atoms with Gasteiger partial charge in [-0.2, -0.15) is 0 Å². The summed E-state index contributed by atoms with van der Waals surface area (Å²) in [4.78, 5) is 5.99. The number of para-hydroxylation sites is 1. The van der Waals surface area contributed by atoms with Crippen LogP contribution in [0.5, 0.6) is 0 Å². The van der Waals surface area contributed by atoms with Crippen LogP contribution in [-0.4, -0.2) is 29.5 Å². The SMILES string of the molecule is C=CCN(CCCC)CCc1c(C)[nH]c2ccccc12. The minimum absolute atomic E-state index is 0.988. The lowest BCUT2D eigenvalue weighted by atomic mass is 10.1. The number of aromatic nitrogens is 1. The lowest BCUT2D eigenvalue weighted by molar-refractivity contribution is 0.301. The fourth-order valence-corrected chi connectivity index (χ4v) is 2.79. The summed E-state index contributed by atoms with van der Waals surface area (Å²) in [5, 5.41) is 1.37. The normalized spacial score (nSPS) is 11.3. The van der Waals surface area contributed by atoms with Crippen LogP contribution in [0.2, 0.25) is 0 Å². The molecule has 1 aromatic heterocycles. The molecular weight excluding hydrogens is 244 g/mol. The third kappa shape index (κ3) is 3.51. The minimum atomic E-state index is 0.988. The molecule has 0 radical (unpaired) electrons. The van der Waals surface area contributed by atoms with Gasteiger partial charge >= 0.3 is 0 Å². The molecule has 0 saturated heterocycles. The highest BCUT2D eigenvalue weighted by Gasteiger charge is 2.09. The first-order chi connectivity index (χ1) is 9.76. The first kappa shape index (κ1) is 14.9. The van der Waals surface area contributed by atoms with Gasteiger partial charge in [-0.1, -0.05) is 37.6 Å². The van der Waals surface area contributed by atoms with Gasteiger partial charge in [0, 0.05) is 29.7 Å². The van der Waals surface area contributed by atoms with Crippen molar-refractivity contribution in [2.45, 2.75) is 33.1 Å². The molecule has 0 aliphatic carbocycles. The molecule has 2 rings (SSSR count). The molecule has 0 amide bonds. The molecule has 0 bridgehead atoms. The molecule has 0 unspecified atom stereocenters. The van der Waals surface area contributed by atoms with Crippen molar-refractivity contribution >= 4 is 10.9 Å². The van der Waals surface area contributed by atoms with E-state index in [4.69, 9.17) is 0 Å². The van der Waals surface area contributed by atoms with Crippen LogP contribution in [0.15, 0.2) is 36.9 Å². The van der Waals surface area contributed by atoms with Crippen LogP contribution < -0.4 is 0 Å². The predicted molar refractivity (Wildman–Crippen MR) is 88.3 cm³/mol. The lowest BCUT2D eigenvalue weighted by Crippen LogP contribution is -2.27. The lowest BCUT2D eigenvalue weighted by Gasteiger charge is -2.20. The third-order valence-corrected chi connectivity index (χ3v) is 3.92. The Bertz CT molecular complexity index is 554. The summed E-state index contributed by atoms with van der Waals surface area (Å²) in [5.41, 5.74) is 4.02. The second-order valence-corrected chi connectivity index (χ2v) is 5.47. The molecule has 0 saturated carbocycles. The van der Waals surface area contributed by atoms with Gasteiger partial charge in [-0.3, -0.25) is 4.90 Å². The number of unbranched alkanes of at least 4 members (excludes halogenated alkanes) is 1. The van der Waals surface area contributed by atoms with E-state index < -0.39 is 0 Å². The number of nitrogens with one attached hydrogen (secondary N) is 1. The van der Waals surface area contributed by atoms with E-state index in [9.17, 15) is 0 Å². The molecule has 2 heteroatoms.